The molecule has 5 nitrogen and oxygen atoms in total. The summed E-state index contributed by atoms with van der Waals surface area (Å²) in [6.07, 6.45) is 9.47. The van der Waals surface area contributed by atoms with Crippen LogP contribution in [0.5, 0.6) is 0 Å². The molecule has 5 heteroatoms. The standard InChI is InChI=1S/C19H24N4O/c24-18(19-10-14(19)11-20-12-19)22-15-3-5-16(6-4-15)23-9-7-13-2-1-8-21-17(13)23/h1-2,7-9,14-16,20H,3-6,10-12H2,(H,22,24)/t14-,15?,16?,19-/m0/s1. The lowest BCUT2D eigenvalue weighted by Gasteiger charge is -2.31. The number of hydrogen-bond acceptors (Lipinski definition) is 3. The first-order chi connectivity index (χ1) is 11.8. The first kappa shape index (κ1) is 14.5. The molecule has 2 aromatic heterocycles. The van der Waals surface area contributed by atoms with Gasteiger partial charge in [0.25, 0.3) is 0 Å². The maximum atomic E-state index is 12.6. The van der Waals surface area contributed by atoms with Crippen LogP contribution in [-0.4, -0.2) is 34.6 Å². The number of piperidine rings is 1. The van der Waals surface area contributed by atoms with Crippen LogP contribution in [0.4, 0.5) is 0 Å². The zero-order valence-corrected chi connectivity index (χ0v) is 13.9. The molecular formula is C19H24N4O. The van der Waals surface area contributed by atoms with Crippen LogP contribution in [-0.2, 0) is 4.79 Å². The molecule has 2 aliphatic carbocycles. The summed E-state index contributed by atoms with van der Waals surface area (Å²) in [5.41, 5.74) is 1.03. The summed E-state index contributed by atoms with van der Waals surface area (Å²) in [5.74, 6) is 0.889. The van der Waals surface area contributed by atoms with Gasteiger partial charge in [0.2, 0.25) is 5.91 Å². The van der Waals surface area contributed by atoms with Crippen LogP contribution in [0.25, 0.3) is 11.0 Å². The molecule has 3 fully saturated rings. The molecule has 24 heavy (non-hydrogen) atoms. The number of pyridine rings is 1. The Balaban J connectivity index is 1.22. The normalized spacial score (nSPS) is 34.9. The van der Waals surface area contributed by atoms with Gasteiger partial charge in [0.1, 0.15) is 5.65 Å². The predicted octanol–water partition coefficient (Wildman–Crippen LogP) is 2.25. The lowest BCUT2D eigenvalue weighted by molar-refractivity contribution is -0.127. The van der Waals surface area contributed by atoms with Gasteiger partial charge in [-0.15, -0.1) is 0 Å². The van der Waals surface area contributed by atoms with Crippen LogP contribution < -0.4 is 10.6 Å². The molecule has 2 aromatic rings. The maximum Gasteiger partial charge on any atom is 0.228 e. The molecule has 126 valence electrons. The van der Waals surface area contributed by atoms with Crippen molar-refractivity contribution in [3.8, 4) is 0 Å². The summed E-state index contributed by atoms with van der Waals surface area (Å²) < 4.78 is 2.32. The Morgan fingerprint density at radius 1 is 1.29 bits per heavy atom. The predicted molar refractivity (Wildman–Crippen MR) is 92.6 cm³/mol. The van der Waals surface area contributed by atoms with Gasteiger partial charge < -0.3 is 15.2 Å². The van der Waals surface area contributed by atoms with Crippen LogP contribution >= 0.6 is 0 Å². The molecule has 0 spiro atoms. The van der Waals surface area contributed by atoms with Gasteiger partial charge in [0.15, 0.2) is 0 Å². The maximum absolute atomic E-state index is 12.6. The number of nitrogens with one attached hydrogen (secondary N) is 2. The van der Waals surface area contributed by atoms with Gasteiger partial charge in [0.05, 0.1) is 5.41 Å². The Kier molecular flexibility index (Phi) is 3.20. The smallest absolute Gasteiger partial charge is 0.228 e. The third-order valence-corrected chi connectivity index (χ3v) is 6.42. The van der Waals surface area contributed by atoms with Gasteiger partial charge >= 0.3 is 0 Å². The Hall–Kier alpha value is -1.88. The summed E-state index contributed by atoms with van der Waals surface area (Å²) in [7, 11) is 0. The van der Waals surface area contributed by atoms with Crippen molar-refractivity contribution in [3.63, 3.8) is 0 Å². The van der Waals surface area contributed by atoms with Crippen molar-refractivity contribution in [3.05, 3.63) is 30.6 Å². The number of carbonyl (C=O) groups is 1. The van der Waals surface area contributed by atoms with Gasteiger partial charge in [-0.05, 0) is 62.8 Å². The van der Waals surface area contributed by atoms with E-state index < -0.39 is 0 Å². The minimum Gasteiger partial charge on any atom is -0.353 e. The first-order valence-electron chi connectivity index (χ1n) is 9.19. The van der Waals surface area contributed by atoms with Crippen molar-refractivity contribution in [2.75, 3.05) is 13.1 Å². The van der Waals surface area contributed by atoms with E-state index in [9.17, 15) is 4.79 Å². The highest BCUT2D eigenvalue weighted by molar-refractivity contribution is 5.87. The van der Waals surface area contributed by atoms with E-state index in [2.05, 4.69) is 38.5 Å². The summed E-state index contributed by atoms with van der Waals surface area (Å²) in [6.45, 7) is 1.90. The van der Waals surface area contributed by atoms with E-state index >= 15 is 0 Å². The first-order valence-corrected chi connectivity index (χ1v) is 9.19. The van der Waals surface area contributed by atoms with Crippen LogP contribution in [0.1, 0.15) is 38.1 Å². The van der Waals surface area contributed by atoms with Crippen LogP contribution in [0.2, 0.25) is 0 Å². The van der Waals surface area contributed by atoms with E-state index in [4.69, 9.17) is 0 Å². The van der Waals surface area contributed by atoms with Crippen LogP contribution in [0.3, 0.4) is 0 Å². The molecule has 2 N–H and O–H groups in total. The molecular weight excluding hydrogens is 300 g/mol. The second-order valence-electron chi connectivity index (χ2n) is 7.81. The van der Waals surface area contributed by atoms with E-state index in [1.807, 2.05) is 12.3 Å². The SMILES string of the molecule is O=C(NC1CCC(n2ccc3cccnc32)CC1)[C@@]12CNC[C@@H]1C2. The number of fused-ring (bicyclic) bond motifs is 2. The van der Waals surface area contributed by atoms with E-state index in [0.29, 0.717) is 23.9 Å². The molecule has 5 rings (SSSR count). The highest BCUT2D eigenvalue weighted by atomic mass is 16.2. The Labute approximate surface area is 141 Å². The highest BCUT2D eigenvalue weighted by Gasteiger charge is 2.62. The van der Waals surface area contributed by atoms with Gasteiger partial charge in [-0.2, -0.15) is 0 Å². The summed E-state index contributed by atoms with van der Waals surface area (Å²) >= 11 is 0. The Bertz CT molecular complexity index is 777. The topological polar surface area (TPSA) is 59.0 Å². The van der Waals surface area contributed by atoms with E-state index in [1.54, 1.807) is 0 Å². The van der Waals surface area contributed by atoms with Crippen LogP contribution in [0.15, 0.2) is 30.6 Å². The monoisotopic (exact) mass is 324 g/mol. The second-order valence-corrected chi connectivity index (χ2v) is 7.81. The molecule has 0 aromatic carbocycles. The lowest BCUT2D eigenvalue weighted by Crippen LogP contribution is -2.43. The molecule has 2 atom stereocenters. The average Bonchev–Trinajstić information content (AvgIpc) is 2.98. The minimum atomic E-state index is -0.0581. The minimum absolute atomic E-state index is 0.0581. The molecule has 3 heterocycles. The number of aromatic nitrogens is 2. The van der Waals surface area contributed by atoms with Crippen LogP contribution in [0, 0.1) is 11.3 Å². The molecule has 0 unspecified atom stereocenters. The van der Waals surface area contributed by atoms with Gasteiger partial charge in [-0.25, -0.2) is 4.98 Å². The molecule has 1 amide bonds. The third kappa shape index (κ3) is 2.18. The van der Waals surface area contributed by atoms with Crippen molar-refractivity contribution in [2.24, 2.45) is 11.3 Å². The number of nitrogens with zero attached hydrogens (tertiary/aromatic N) is 2. The third-order valence-electron chi connectivity index (χ3n) is 6.42. The van der Waals surface area contributed by atoms with Crippen molar-refractivity contribution in [1.29, 1.82) is 0 Å². The zero-order chi connectivity index (χ0) is 16.1. The fourth-order valence-electron chi connectivity index (χ4n) is 4.80. The van der Waals surface area contributed by atoms with Crippen molar-refractivity contribution < 1.29 is 4.79 Å². The molecule has 2 saturated carbocycles. The van der Waals surface area contributed by atoms with Gasteiger partial charge in [0, 0.05) is 36.4 Å². The lowest BCUT2D eigenvalue weighted by atomic mass is 9.90. The average molecular weight is 324 g/mol. The van der Waals surface area contributed by atoms with Crippen molar-refractivity contribution in [1.82, 2.24) is 20.2 Å². The van der Waals surface area contributed by atoms with Gasteiger partial charge in [-0.3, -0.25) is 4.79 Å². The molecule has 1 aliphatic heterocycles. The molecule has 0 bridgehead atoms. The molecule has 1 saturated heterocycles. The fourth-order valence-corrected chi connectivity index (χ4v) is 4.80. The largest absolute Gasteiger partial charge is 0.353 e. The number of carbonyl (C=O) groups excluding carboxylic acids is 1. The quantitative estimate of drug-likeness (QED) is 0.910. The van der Waals surface area contributed by atoms with Crippen molar-refractivity contribution in [2.45, 2.75) is 44.2 Å². The van der Waals surface area contributed by atoms with Crippen molar-refractivity contribution >= 4 is 16.9 Å². The Morgan fingerprint density at radius 2 is 2.17 bits per heavy atom. The summed E-state index contributed by atoms with van der Waals surface area (Å²) in [4.78, 5) is 17.1. The number of amides is 1. The number of rotatable bonds is 3. The summed E-state index contributed by atoms with van der Waals surface area (Å²) in [6, 6.07) is 7.11. The number of hydrogen-bond donors (Lipinski definition) is 2. The summed E-state index contributed by atoms with van der Waals surface area (Å²) in [5, 5.41) is 7.90. The Morgan fingerprint density at radius 3 is 2.92 bits per heavy atom. The van der Waals surface area contributed by atoms with E-state index in [0.717, 1.165) is 50.8 Å². The zero-order valence-electron chi connectivity index (χ0n) is 13.9. The fraction of sp³-hybridized carbons (Fsp3) is 0.579. The highest BCUT2D eigenvalue weighted by Crippen LogP contribution is 2.55. The van der Waals surface area contributed by atoms with E-state index in [-0.39, 0.29) is 5.41 Å². The molecule has 0 radical (unpaired) electrons. The van der Waals surface area contributed by atoms with Gasteiger partial charge in [-0.1, -0.05) is 0 Å². The van der Waals surface area contributed by atoms with E-state index in [1.165, 1.54) is 5.39 Å². The second kappa shape index (κ2) is 5.31. The molecule has 3 aliphatic rings.